The fourth-order valence-electron chi connectivity index (χ4n) is 1.67. The van der Waals surface area contributed by atoms with Crippen molar-refractivity contribution in [2.75, 3.05) is 13.1 Å². The Morgan fingerprint density at radius 1 is 1.42 bits per heavy atom. The standard InChI is InChI=1S/C8H18N4/c1-6(12-8(9)10)7-2-4-11-5-3-7/h6-7,11H,2-5H2,1H3,(H4,9,10,12). The maximum absolute atomic E-state index is 5.31. The maximum Gasteiger partial charge on any atom is 0.186 e. The zero-order chi connectivity index (χ0) is 8.97. The Hall–Kier alpha value is -0.770. The molecule has 1 heterocycles. The van der Waals surface area contributed by atoms with Crippen molar-refractivity contribution in [1.29, 1.82) is 0 Å². The number of nitrogens with one attached hydrogen (secondary N) is 1. The van der Waals surface area contributed by atoms with Gasteiger partial charge in [-0.25, -0.2) is 0 Å². The minimum absolute atomic E-state index is 0.209. The summed E-state index contributed by atoms with van der Waals surface area (Å²) in [5.41, 5.74) is 10.6. The molecule has 4 heteroatoms. The van der Waals surface area contributed by atoms with E-state index in [1.54, 1.807) is 0 Å². The highest BCUT2D eigenvalue weighted by Crippen LogP contribution is 2.18. The van der Waals surface area contributed by atoms with Crippen LogP contribution in [0.2, 0.25) is 0 Å². The van der Waals surface area contributed by atoms with Crippen molar-refractivity contribution >= 4 is 5.96 Å². The van der Waals surface area contributed by atoms with Crippen molar-refractivity contribution in [3.63, 3.8) is 0 Å². The molecule has 0 amide bonds. The first-order valence-corrected chi connectivity index (χ1v) is 4.49. The normalized spacial score (nSPS) is 21.8. The van der Waals surface area contributed by atoms with Gasteiger partial charge in [0.1, 0.15) is 0 Å². The van der Waals surface area contributed by atoms with Crippen LogP contribution in [0.1, 0.15) is 19.8 Å². The van der Waals surface area contributed by atoms with E-state index in [0.29, 0.717) is 5.92 Å². The highest BCUT2D eigenvalue weighted by atomic mass is 15.0. The van der Waals surface area contributed by atoms with Crippen molar-refractivity contribution in [1.82, 2.24) is 5.32 Å². The van der Waals surface area contributed by atoms with Gasteiger partial charge in [-0.2, -0.15) is 0 Å². The average molecular weight is 170 g/mol. The fourth-order valence-corrected chi connectivity index (χ4v) is 1.67. The van der Waals surface area contributed by atoms with E-state index in [9.17, 15) is 0 Å². The largest absolute Gasteiger partial charge is 0.370 e. The van der Waals surface area contributed by atoms with Gasteiger partial charge < -0.3 is 16.8 Å². The summed E-state index contributed by atoms with van der Waals surface area (Å²) in [6.07, 6.45) is 2.36. The molecule has 0 saturated carbocycles. The summed E-state index contributed by atoms with van der Waals surface area (Å²) in [6, 6.07) is 0.275. The summed E-state index contributed by atoms with van der Waals surface area (Å²) in [5.74, 6) is 0.856. The topological polar surface area (TPSA) is 76.4 Å². The summed E-state index contributed by atoms with van der Waals surface area (Å²) >= 11 is 0. The van der Waals surface area contributed by atoms with Crippen molar-refractivity contribution in [2.24, 2.45) is 22.4 Å². The molecule has 0 radical (unpaired) electrons. The Kier molecular flexibility index (Phi) is 3.34. The molecule has 70 valence electrons. The Morgan fingerprint density at radius 2 is 2.00 bits per heavy atom. The van der Waals surface area contributed by atoms with E-state index in [2.05, 4.69) is 17.2 Å². The van der Waals surface area contributed by atoms with Crippen LogP contribution in [0.5, 0.6) is 0 Å². The van der Waals surface area contributed by atoms with Crippen LogP contribution < -0.4 is 16.8 Å². The monoisotopic (exact) mass is 170 g/mol. The molecule has 1 rings (SSSR count). The number of rotatable bonds is 2. The smallest absolute Gasteiger partial charge is 0.186 e. The third-order valence-corrected chi connectivity index (χ3v) is 2.42. The lowest BCUT2D eigenvalue weighted by atomic mass is 9.92. The van der Waals surface area contributed by atoms with E-state index in [-0.39, 0.29) is 12.0 Å². The second kappa shape index (κ2) is 4.30. The number of guanidine groups is 1. The third-order valence-electron chi connectivity index (χ3n) is 2.42. The van der Waals surface area contributed by atoms with Crippen molar-refractivity contribution in [3.8, 4) is 0 Å². The van der Waals surface area contributed by atoms with E-state index < -0.39 is 0 Å². The van der Waals surface area contributed by atoms with Gasteiger partial charge in [0.05, 0.1) is 6.04 Å². The Labute approximate surface area is 73.4 Å². The second-order valence-electron chi connectivity index (χ2n) is 3.38. The van der Waals surface area contributed by atoms with E-state index >= 15 is 0 Å². The summed E-state index contributed by atoms with van der Waals surface area (Å²) in [5, 5.41) is 3.31. The third kappa shape index (κ3) is 2.70. The Balaban J connectivity index is 2.39. The number of hydrogen-bond donors (Lipinski definition) is 3. The van der Waals surface area contributed by atoms with Crippen molar-refractivity contribution in [2.45, 2.75) is 25.8 Å². The van der Waals surface area contributed by atoms with Crippen LogP contribution in [-0.4, -0.2) is 25.1 Å². The zero-order valence-corrected chi connectivity index (χ0v) is 7.59. The van der Waals surface area contributed by atoms with E-state index in [4.69, 9.17) is 11.5 Å². The molecule has 0 aromatic carbocycles. The highest BCUT2D eigenvalue weighted by molar-refractivity contribution is 5.75. The molecule has 5 N–H and O–H groups in total. The van der Waals surface area contributed by atoms with Gasteiger partial charge in [0.2, 0.25) is 0 Å². The van der Waals surface area contributed by atoms with E-state index in [0.717, 1.165) is 13.1 Å². The van der Waals surface area contributed by atoms with Crippen LogP contribution in [0.4, 0.5) is 0 Å². The first kappa shape index (κ1) is 9.32. The zero-order valence-electron chi connectivity index (χ0n) is 7.59. The maximum atomic E-state index is 5.31. The summed E-state index contributed by atoms with van der Waals surface area (Å²) < 4.78 is 0. The summed E-state index contributed by atoms with van der Waals surface area (Å²) in [7, 11) is 0. The first-order valence-electron chi connectivity index (χ1n) is 4.49. The molecule has 0 aromatic heterocycles. The molecular formula is C8H18N4. The van der Waals surface area contributed by atoms with Crippen molar-refractivity contribution in [3.05, 3.63) is 0 Å². The molecule has 0 bridgehead atoms. The lowest BCUT2D eigenvalue weighted by molar-refractivity contribution is 0.331. The molecule has 1 aliphatic rings. The van der Waals surface area contributed by atoms with Crippen LogP contribution in [0.15, 0.2) is 4.99 Å². The van der Waals surface area contributed by atoms with Gasteiger partial charge in [0.25, 0.3) is 0 Å². The highest BCUT2D eigenvalue weighted by Gasteiger charge is 2.18. The first-order chi connectivity index (χ1) is 5.70. The number of hydrogen-bond acceptors (Lipinski definition) is 2. The molecule has 1 saturated heterocycles. The molecule has 1 atom stereocenters. The molecule has 4 nitrogen and oxygen atoms in total. The Bertz CT molecular complexity index is 156. The van der Waals surface area contributed by atoms with Crippen LogP contribution >= 0.6 is 0 Å². The van der Waals surface area contributed by atoms with Gasteiger partial charge in [0, 0.05) is 0 Å². The van der Waals surface area contributed by atoms with Crippen LogP contribution in [-0.2, 0) is 0 Å². The lowest BCUT2D eigenvalue weighted by Crippen LogP contribution is -2.34. The van der Waals surface area contributed by atoms with E-state index in [1.807, 2.05) is 0 Å². The number of nitrogens with two attached hydrogens (primary N) is 2. The molecule has 12 heavy (non-hydrogen) atoms. The van der Waals surface area contributed by atoms with Crippen LogP contribution in [0.25, 0.3) is 0 Å². The number of nitrogens with zero attached hydrogens (tertiary/aromatic N) is 1. The number of aliphatic imine (C=N–C) groups is 1. The quantitative estimate of drug-likeness (QED) is 0.391. The predicted molar refractivity (Wildman–Crippen MR) is 50.9 cm³/mol. The Morgan fingerprint density at radius 3 is 2.50 bits per heavy atom. The summed E-state index contributed by atoms with van der Waals surface area (Å²) in [4.78, 5) is 4.15. The number of piperidine rings is 1. The van der Waals surface area contributed by atoms with E-state index in [1.165, 1.54) is 12.8 Å². The van der Waals surface area contributed by atoms with Gasteiger partial charge in [-0.3, -0.25) is 4.99 Å². The van der Waals surface area contributed by atoms with Gasteiger partial charge in [-0.05, 0) is 38.8 Å². The van der Waals surface area contributed by atoms with Crippen LogP contribution in [0.3, 0.4) is 0 Å². The second-order valence-corrected chi connectivity index (χ2v) is 3.38. The molecule has 0 aromatic rings. The summed E-state index contributed by atoms with van der Waals surface area (Å²) in [6.45, 7) is 4.26. The minimum atomic E-state index is 0.209. The van der Waals surface area contributed by atoms with Gasteiger partial charge in [0.15, 0.2) is 5.96 Å². The lowest BCUT2D eigenvalue weighted by Gasteiger charge is -2.25. The SMILES string of the molecule is CC(N=C(N)N)C1CCNCC1. The van der Waals surface area contributed by atoms with Gasteiger partial charge in [-0.1, -0.05) is 0 Å². The molecule has 1 unspecified atom stereocenters. The molecule has 0 aliphatic carbocycles. The average Bonchev–Trinajstić information content (AvgIpc) is 2.05. The minimum Gasteiger partial charge on any atom is -0.370 e. The van der Waals surface area contributed by atoms with Crippen molar-refractivity contribution < 1.29 is 0 Å². The van der Waals surface area contributed by atoms with Gasteiger partial charge in [-0.15, -0.1) is 0 Å². The van der Waals surface area contributed by atoms with Crippen LogP contribution in [0, 0.1) is 5.92 Å². The molecule has 1 aliphatic heterocycles. The fraction of sp³-hybridized carbons (Fsp3) is 0.875. The molecular weight excluding hydrogens is 152 g/mol. The predicted octanol–water partition coefficient (Wildman–Crippen LogP) is -0.352. The molecule has 1 fully saturated rings. The van der Waals surface area contributed by atoms with Gasteiger partial charge >= 0.3 is 0 Å². The molecule has 0 spiro atoms.